The van der Waals surface area contributed by atoms with Gasteiger partial charge >= 0.3 is 0 Å². The molecule has 1 amide bonds. The van der Waals surface area contributed by atoms with E-state index in [-0.39, 0.29) is 18.7 Å². The van der Waals surface area contributed by atoms with Crippen LogP contribution in [0.2, 0.25) is 0 Å². The third kappa shape index (κ3) is 4.05. The second-order valence-electron chi connectivity index (χ2n) is 7.33. The van der Waals surface area contributed by atoms with Crippen LogP contribution in [0.5, 0.6) is 5.75 Å². The van der Waals surface area contributed by atoms with Gasteiger partial charge in [-0.15, -0.1) is 0 Å². The molecule has 1 N–H and O–H groups in total. The number of ether oxygens (including phenoxy) is 1. The van der Waals surface area contributed by atoms with Crippen LogP contribution in [0.3, 0.4) is 0 Å². The van der Waals surface area contributed by atoms with Crippen LogP contribution < -0.4 is 9.64 Å². The van der Waals surface area contributed by atoms with Crippen molar-refractivity contribution in [3.05, 3.63) is 92.4 Å². The predicted molar refractivity (Wildman–Crippen MR) is 125 cm³/mol. The highest BCUT2D eigenvalue weighted by Crippen LogP contribution is 2.45. The van der Waals surface area contributed by atoms with Crippen LogP contribution in [0.1, 0.15) is 27.9 Å². The van der Waals surface area contributed by atoms with E-state index >= 15 is 0 Å². The molecule has 3 aromatic carbocycles. The smallest absolute Gasteiger partial charge is 0.264 e. The van der Waals surface area contributed by atoms with Gasteiger partial charge in [-0.2, -0.15) is 0 Å². The van der Waals surface area contributed by atoms with Crippen LogP contribution >= 0.6 is 31.9 Å². The van der Waals surface area contributed by atoms with Crippen molar-refractivity contribution in [2.75, 3.05) is 12.0 Å². The van der Waals surface area contributed by atoms with Crippen molar-refractivity contribution < 1.29 is 19.4 Å². The molecule has 7 heteroatoms. The van der Waals surface area contributed by atoms with E-state index in [4.69, 9.17) is 4.74 Å². The lowest BCUT2D eigenvalue weighted by molar-refractivity contribution is -0.136. The Balaban J connectivity index is 1.70. The van der Waals surface area contributed by atoms with Crippen LogP contribution in [-0.4, -0.2) is 23.9 Å². The molecule has 1 aliphatic heterocycles. The Morgan fingerprint density at radius 3 is 2.45 bits per heavy atom. The monoisotopic (exact) mass is 543 g/mol. The molecule has 1 atom stereocenters. The third-order valence-electron chi connectivity index (χ3n) is 5.41. The van der Waals surface area contributed by atoms with E-state index in [0.29, 0.717) is 22.6 Å². The number of hydrogen-bond acceptors (Lipinski definition) is 4. The molecular weight excluding hydrogens is 526 g/mol. The molecule has 0 radical (unpaired) electrons. The van der Waals surface area contributed by atoms with E-state index in [0.717, 1.165) is 14.5 Å². The first-order valence-electron chi connectivity index (χ1n) is 9.58. The Kier molecular flexibility index (Phi) is 6.01. The molecular formula is C24H19Br2NO4. The molecule has 0 saturated carbocycles. The number of benzene rings is 3. The van der Waals surface area contributed by atoms with Gasteiger partial charge < -0.3 is 14.7 Å². The maximum absolute atomic E-state index is 13.5. The zero-order chi connectivity index (χ0) is 22.2. The van der Waals surface area contributed by atoms with Crippen molar-refractivity contribution in [1.82, 2.24) is 0 Å². The summed E-state index contributed by atoms with van der Waals surface area (Å²) in [5, 5.41) is 11.5. The molecule has 31 heavy (non-hydrogen) atoms. The number of amides is 1. The second-order valence-corrected chi connectivity index (χ2v) is 9.10. The summed E-state index contributed by atoms with van der Waals surface area (Å²) in [5.74, 6) is -0.216. The fourth-order valence-corrected chi connectivity index (χ4v) is 4.53. The van der Waals surface area contributed by atoms with Crippen LogP contribution in [0.4, 0.5) is 5.69 Å². The number of ketones is 1. The largest absolute Gasteiger partial charge is 0.497 e. The summed E-state index contributed by atoms with van der Waals surface area (Å²) in [6, 6.07) is 19.5. The number of carbonyl (C=O) groups is 2. The summed E-state index contributed by atoms with van der Waals surface area (Å²) in [4.78, 5) is 28.0. The highest BCUT2D eigenvalue weighted by atomic mass is 79.9. The van der Waals surface area contributed by atoms with Gasteiger partial charge in [0.25, 0.3) is 5.91 Å². The van der Waals surface area contributed by atoms with Gasteiger partial charge in [-0.05, 0) is 54.1 Å². The number of carbonyl (C=O) groups excluding carboxylic acids is 2. The van der Waals surface area contributed by atoms with E-state index in [1.54, 1.807) is 43.5 Å². The van der Waals surface area contributed by atoms with Crippen molar-refractivity contribution in [1.29, 1.82) is 0 Å². The molecule has 0 saturated heterocycles. The summed E-state index contributed by atoms with van der Waals surface area (Å²) >= 11 is 6.93. The lowest BCUT2D eigenvalue weighted by atomic mass is 9.88. The zero-order valence-electron chi connectivity index (χ0n) is 16.6. The summed E-state index contributed by atoms with van der Waals surface area (Å²) in [5.41, 5.74) is 0.366. The van der Waals surface area contributed by atoms with Crippen LogP contribution in [0, 0.1) is 0 Å². The molecule has 0 bridgehead atoms. The van der Waals surface area contributed by atoms with Gasteiger partial charge in [0.15, 0.2) is 11.4 Å². The molecule has 0 aliphatic carbocycles. The molecule has 1 heterocycles. The van der Waals surface area contributed by atoms with Gasteiger partial charge in [0.05, 0.1) is 25.8 Å². The van der Waals surface area contributed by atoms with E-state index in [9.17, 15) is 14.7 Å². The van der Waals surface area contributed by atoms with Crippen molar-refractivity contribution in [3.63, 3.8) is 0 Å². The lowest BCUT2D eigenvalue weighted by Gasteiger charge is -2.23. The first kappa shape index (κ1) is 21.7. The predicted octanol–water partition coefficient (Wildman–Crippen LogP) is 5.23. The standard InChI is InChI=1S/C24H19Br2NO4/c1-31-18-9-6-15(7-10-18)22(28)13-24(30)19-12-17(25)8-11-21(19)27(23(24)29)14-16-4-2-3-5-20(16)26/h2-12,30H,13-14H2,1H3. The maximum atomic E-state index is 13.5. The first-order valence-corrected chi connectivity index (χ1v) is 11.2. The molecule has 4 rings (SSSR count). The third-order valence-corrected chi connectivity index (χ3v) is 6.68. The second kappa shape index (κ2) is 8.57. The molecule has 0 aromatic heterocycles. The van der Waals surface area contributed by atoms with Crippen LogP contribution in [0.25, 0.3) is 0 Å². The lowest BCUT2D eigenvalue weighted by Crippen LogP contribution is -2.41. The Morgan fingerprint density at radius 1 is 1.06 bits per heavy atom. The maximum Gasteiger partial charge on any atom is 0.264 e. The van der Waals surface area contributed by atoms with Crippen molar-refractivity contribution in [2.24, 2.45) is 0 Å². The zero-order valence-corrected chi connectivity index (χ0v) is 19.8. The number of rotatable bonds is 6. The number of Topliss-reactive ketones (excluding diaryl/α,β-unsaturated/α-hetero) is 1. The first-order chi connectivity index (χ1) is 14.8. The van der Waals surface area contributed by atoms with Gasteiger partial charge in [-0.25, -0.2) is 0 Å². The number of methoxy groups -OCH3 is 1. The molecule has 0 fully saturated rings. The van der Waals surface area contributed by atoms with Crippen molar-refractivity contribution >= 4 is 49.2 Å². The highest BCUT2D eigenvalue weighted by Gasteiger charge is 2.51. The van der Waals surface area contributed by atoms with Crippen molar-refractivity contribution in [2.45, 2.75) is 18.6 Å². The van der Waals surface area contributed by atoms with E-state index < -0.39 is 11.5 Å². The molecule has 1 unspecified atom stereocenters. The fourth-order valence-electron chi connectivity index (χ4n) is 3.76. The number of halogens is 2. The molecule has 0 spiro atoms. The summed E-state index contributed by atoms with van der Waals surface area (Å²) < 4.78 is 6.72. The Hall–Kier alpha value is -2.48. The van der Waals surface area contributed by atoms with E-state index in [1.165, 1.54) is 4.90 Å². The SMILES string of the molecule is COc1ccc(C(=O)CC2(O)C(=O)N(Cc3ccccc3Br)c3ccc(Br)cc32)cc1. The number of nitrogens with zero attached hydrogens (tertiary/aromatic N) is 1. The van der Waals surface area contributed by atoms with E-state index in [2.05, 4.69) is 31.9 Å². The summed E-state index contributed by atoms with van der Waals surface area (Å²) in [6.45, 7) is 0.272. The van der Waals surface area contributed by atoms with Gasteiger partial charge in [-0.1, -0.05) is 50.1 Å². The Morgan fingerprint density at radius 2 is 1.77 bits per heavy atom. The summed E-state index contributed by atoms with van der Waals surface area (Å²) in [7, 11) is 1.55. The van der Waals surface area contributed by atoms with E-state index in [1.807, 2.05) is 30.3 Å². The van der Waals surface area contributed by atoms with Gasteiger partial charge in [0, 0.05) is 20.1 Å². The molecule has 3 aromatic rings. The molecule has 158 valence electrons. The number of fused-ring (bicyclic) bond motifs is 1. The minimum Gasteiger partial charge on any atom is -0.497 e. The minimum atomic E-state index is -1.95. The average molecular weight is 545 g/mol. The van der Waals surface area contributed by atoms with Crippen molar-refractivity contribution in [3.8, 4) is 5.75 Å². The average Bonchev–Trinajstić information content (AvgIpc) is 2.96. The topological polar surface area (TPSA) is 66.8 Å². The number of aliphatic hydroxyl groups is 1. The highest BCUT2D eigenvalue weighted by molar-refractivity contribution is 9.10. The van der Waals surface area contributed by atoms with Gasteiger partial charge in [0.1, 0.15) is 5.75 Å². The Labute approximate surface area is 196 Å². The number of anilines is 1. The van der Waals surface area contributed by atoms with Crippen LogP contribution in [-0.2, 0) is 16.9 Å². The number of hydrogen-bond donors (Lipinski definition) is 1. The minimum absolute atomic E-state index is 0.272. The summed E-state index contributed by atoms with van der Waals surface area (Å²) in [6.07, 6.45) is -0.353. The van der Waals surface area contributed by atoms with Crippen LogP contribution in [0.15, 0.2) is 75.7 Å². The Bertz CT molecular complexity index is 1160. The fraction of sp³-hybridized carbons (Fsp3) is 0.167. The normalized spacial score (nSPS) is 17.5. The van der Waals surface area contributed by atoms with Gasteiger partial charge in [0.2, 0.25) is 0 Å². The van der Waals surface area contributed by atoms with Gasteiger partial charge in [-0.3, -0.25) is 9.59 Å². The molecule has 1 aliphatic rings. The quantitative estimate of drug-likeness (QED) is 0.432. The molecule has 5 nitrogen and oxygen atoms in total.